The molecule has 0 aliphatic carbocycles. The fourth-order valence-corrected chi connectivity index (χ4v) is 3.64. The van der Waals surface area contributed by atoms with E-state index >= 15 is 0 Å². The van der Waals surface area contributed by atoms with E-state index in [1.165, 1.54) is 4.88 Å². The van der Waals surface area contributed by atoms with Gasteiger partial charge in [0, 0.05) is 44.1 Å². The van der Waals surface area contributed by atoms with Crippen LogP contribution >= 0.6 is 11.3 Å². The van der Waals surface area contributed by atoms with E-state index in [0.717, 1.165) is 43.2 Å². The SMILES string of the molecule is CCOC1(c2nc(CC)c(CN)s2)CCOCC1. The number of thiazole rings is 1. The van der Waals surface area contributed by atoms with Crippen LogP contribution in [0.15, 0.2) is 0 Å². The highest BCUT2D eigenvalue weighted by Crippen LogP contribution is 2.39. The Morgan fingerprint density at radius 2 is 2.11 bits per heavy atom. The predicted molar refractivity (Wildman–Crippen MR) is 72.7 cm³/mol. The zero-order chi connectivity index (χ0) is 13.0. The normalized spacial score (nSPS) is 19.1. The lowest BCUT2D eigenvalue weighted by molar-refractivity contribution is -0.112. The average molecular weight is 270 g/mol. The van der Waals surface area contributed by atoms with Crippen molar-refractivity contribution in [1.82, 2.24) is 4.98 Å². The quantitative estimate of drug-likeness (QED) is 0.891. The Kier molecular flexibility index (Phi) is 4.72. The van der Waals surface area contributed by atoms with Crippen molar-refractivity contribution in [3.63, 3.8) is 0 Å². The molecule has 1 saturated heterocycles. The Morgan fingerprint density at radius 1 is 1.39 bits per heavy atom. The molecule has 2 rings (SSSR count). The maximum atomic E-state index is 6.04. The highest BCUT2D eigenvalue weighted by atomic mass is 32.1. The van der Waals surface area contributed by atoms with Gasteiger partial charge in [-0.15, -0.1) is 11.3 Å². The lowest BCUT2D eigenvalue weighted by atomic mass is 9.95. The predicted octanol–water partition coefficient (Wildman–Crippen LogP) is 2.21. The first-order chi connectivity index (χ1) is 8.75. The zero-order valence-electron chi connectivity index (χ0n) is 11.2. The summed E-state index contributed by atoms with van der Waals surface area (Å²) in [5.41, 5.74) is 6.68. The van der Waals surface area contributed by atoms with E-state index in [9.17, 15) is 0 Å². The summed E-state index contributed by atoms with van der Waals surface area (Å²) < 4.78 is 11.5. The second kappa shape index (κ2) is 6.10. The van der Waals surface area contributed by atoms with Crippen molar-refractivity contribution in [1.29, 1.82) is 0 Å². The number of ether oxygens (including phenoxy) is 2. The molecule has 0 amide bonds. The van der Waals surface area contributed by atoms with E-state index in [4.69, 9.17) is 20.2 Å². The van der Waals surface area contributed by atoms with Crippen molar-refractivity contribution in [3.05, 3.63) is 15.6 Å². The third-order valence-electron chi connectivity index (χ3n) is 3.41. The van der Waals surface area contributed by atoms with E-state index < -0.39 is 0 Å². The van der Waals surface area contributed by atoms with Gasteiger partial charge in [-0.3, -0.25) is 0 Å². The van der Waals surface area contributed by atoms with Gasteiger partial charge in [-0.05, 0) is 13.3 Å². The molecule has 0 aromatic carbocycles. The fourth-order valence-electron chi connectivity index (χ4n) is 2.41. The van der Waals surface area contributed by atoms with Gasteiger partial charge in [0.2, 0.25) is 0 Å². The number of rotatable bonds is 5. The number of nitrogens with two attached hydrogens (primary N) is 1. The largest absolute Gasteiger partial charge is 0.381 e. The number of hydrogen-bond acceptors (Lipinski definition) is 5. The molecular formula is C13H22N2O2S. The summed E-state index contributed by atoms with van der Waals surface area (Å²) in [6, 6.07) is 0. The van der Waals surface area contributed by atoms with Gasteiger partial charge in [0.25, 0.3) is 0 Å². The number of nitrogens with zero attached hydrogens (tertiary/aromatic N) is 1. The topological polar surface area (TPSA) is 57.4 Å². The zero-order valence-corrected chi connectivity index (χ0v) is 12.0. The van der Waals surface area contributed by atoms with Gasteiger partial charge >= 0.3 is 0 Å². The molecule has 0 atom stereocenters. The molecule has 18 heavy (non-hydrogen) atoms. The average Bonchev–Trinajstić information content (AvgIpc) is 2.84. The smallest absolute Gasteiger partial charge is 0.125 e. The molecule has 1 aromatic heterocycles. The van der Waals surface area contributed by atoms with Gasteiger partial charge in [-0.1, -0.05) is 6.92 Å². The molecule has 2 N–H and O–H groups in total. The standard InChI is InChI=1S/C13H22N2O2S/c1-3-10-11(9-14)18-12(15-10)13(17-4-2)5-7-16-8-6-13/h3-9,14H2,1-2H3. The van der Waals surface area contributed by atoms with Crippen LogP contribution in [0.25, 0.3) is 0 Å². The van der Waals surface area contributed by atoms with Gasteiger partial charge in [-0.25, -0.2) is 4.98 Å². The third-order valence-corrected chi connectivity index (χ3v) is 4.71. The van der Waals surface area contributed by atoms with Crippen molar-refractivity contribution in [3.8, 4) is 0 Å². The van der Waals surface area contributed by atoms with Crippen molar-refractivity contribution < 1.29 is 9.47 Å². The summed E-state index contributed by atoms with van der Waals surface area (Å²) in [6.07, 6.45) is 2.71. The van der Waals surface area contributed by atoms with Crippen molar-refractivity contribution in [2.24, 2.45) is 5.73 Å². The minimum atomic E-state index is -0.241. The van der Waals surface area contributed by atoms with Crippen LogP contribution in [0.3, 0.4) is 0 Å². The van der Waals surface area contributed by atoms with Gasteiger partial charge < -0.3 is 15.2 Å². The van der Waals surface area contributed by atoms with Gasteiger partial charge in [0.1, 0.15) is 10.6 Å². The second-order valence-corrected chi connectivity index (χ2v) is 5.57. The minimum absolute atomic E-state index is 0.241. The summed E-state index contributed by atoms with van der Waals surface area (Å²) in [4.78, 5) is 5.96. The monoisotopic (exact) mass is 270 g/mol. The van der Waals surface area contributed by atoms with E-state index in [2.05, 4.69) is 6.92 Å². The van der Waals surface area contributed by atoms with Gasteiger partial charge in [0.05, 0.1) is 5.69 Å². The third kappa shape index (κ3) is 2.59. The van der Waals surface area contributed by atoms with Crippen molar-refractivity contribution in [2.45, 2.75) is 45.3 Å². The van der Waals surface area contributed by atoms with Crippen LogP contribution in [0.4, 0.5) is 0 Å². The second-order valence-electron chi connectivity index (χ2n) is 4.49. The highest BCUT2D eigenvalue weighted by Gasteiger charge is 2.38. The van der Waals surface area contributed by atoms with Gasteiger partial charge in [-0.2, -0.15) is 0 Å². The molecule has 102 valence electrons. The Balaban J connectivity index is 2.32. The molecule has 2 heterocycles. The Bertz CT molecular complexity index is 359. The van der Waals surface area contributed by atoms with Crippen LogP contribution < -0.4 is 5.73 Å². The van der Waals surface area contributed by atoms with Crippen LogP contribution in [0, 0.1) is 0 Å². The molecule has 5 heteroatoms. The molecule has 0 radical (unpaired) electrons. The summed E-state index contributed by atoms with van der Waals surface area (Å²) >= 11 is 1.71. The van der Waals surface area contributed by atoms with E-state index in [1.807, 2.05) is 6.92 Å². The maximum Gasteiger partial charge on any atom is 0.125 e. The Labute approximate surface area is 113 Å². The molecule has 0 unspecified atom stereocenters. The molecule has 1 fully saturated rings. The maximum absolute atomic E-state index is 6.04. The van der Waals surface area contributed by atoms with Crippen molar-refractivity contribution in [2.75, 3.05) is 19.8 Å². The van der Waals surface area contributed by atoms with Crippen LogP contribution in [0.5, 0.6) is 0 Å². The van der Waals surface area contributed by atoms with Crippen LogP contribution in [-0.2, 0) is 28.0 Å². The van der Waals surface area contributed by atoms with Gasteiger partial charge in [0.15, 0.2) is 0 Å². The Hall–Kier alpha value is -0.490. The lowest BCUT2D eigenvalue weighted by Gasteiger charge is -2.35. The van der Waals surface area contributed by atoms with Crippen LogP contribution in [-0.4, -0.2) is 24.8 Å². The van der Waals surface area contributed by atoms with E-state index in [-0.39, 0.29) is 5.60 Å². The Morgan fingerprint density at radius 3 is 2.61 bits per heavy atom. The molecule has 0 spiro atoms. The highest BCUT2D eigenvalue weighted by molar-refractivity contribution is 7.11. The summed E-state index contributed by atoms with van der Waals surface area (Å²) in [6.45, 7) is 6.93. The number of hydrogen-bond donors (Lipinski definition) is 1. The number of aryl methyl sites for hydroxylation is 1. The van der Waals surface area contributed by atoms with Crippen molar-refractivity contribution >= 4 is 11.3 Å². The molecule has 1 aliphatic rings. The number of aromatic nitrogens is 1. The molecule has 0 bridgehead atoms. The molecule has 4 nitrogen and oxygen atoms in total. The summed E-state index contributed by atoms with van der Waals surface area (Å²) in [7, 11) is 0. The molecule has 1 aliphatic heterocycles. The fraction of sp³-hybridized carbons (Fsp3) is 0.769. The van der Waals surface area contributed by atoms with Crippen LogP contribution in [0.1, 0.15) is 42.3 Å². The molecular weight excluding hydrogens is 248 g/mol. The minimum Gasteiger partial charge on any atom is -0.381 e. The summed E-state index contributed by atoms with van der Waals surface area (Å²) in [5, 5.41) is 1.09. The first-order valence-electron chi connectivity index (χ1n) is 6.66. The molecule has 1 aromatic rings. The van der Waals surface area contributed by atoms with Crippen LogP contribution in [0.2, 0.25) is 0 Å². The first-order valence-corrected chi connectivity index (χ1v) is 7.48. The molecule has 0 saturated carbocycles. The van der Waals surface area contributed by atoms with E-state index in [0.29, 0.717) is 13.2 Å². The lowest BCUT2D eigenvalue weighted by Crippen LogP contribution is -2.36. The first kappa shape index (κ1) is 13.9. The van der Waals surface area contributed by atoms with E-state index in [1.54, 1.807) is 11.3 Å². The summed E-state index contributed by atoms with van der Waals surface area (Å²) in [5.74, 6) is 0.